The zero-order valence-electron chi connectivity index (χ0n) is 15.9. The smallest absolute Gasteiger partial charge is 0.317 e. The van der Waals surface area contributed by atoms with Crippen LogP contribution in [0.1, 0.15) is 42.7 Å². The number of rotatable bonds is 5. The van der Waals surface area contributed by atoms with Gasteiger partial charge in [0.1, 0.15) is 5.76 Å². The van der Waals surface area contributed by atoms with Gasteiger partial charge in [-0.1, -0.05) is 5.16 Å². The second-order valence-electron chi connectivity index (χ2n) is 8.06. The molecule has 0 saturated carbocycles. The van der Waals surface area contributed by atoms with Crippen molar-refractivity contribution in [1.29, 1.82) is 0 Å². The minimum atomic E-state index is -0.0165. The van der Waals surface area contributed by atoms with E-state index in [9.17, 15) is 4.79 Å². The standard InChI is InChI=1S/C19H30N4O3/c1-14-17(15(2)26-21-14)11-22-12-19(13-22)16(6-10-25-19)5-7-20-18(24)23-8-3-4-9-23/h16H,3-13H2,1-2H3,(H,20,24)/t16-/m1/s1. The van der Waals surface area contributed by atoms with Crippen molar-refractivity contribution >= 4 is 6.03 Å². The van der Waals surface area contributed by atoms with E-state index in [1.165, 1.54) is 5.56 Å². The van der Waals surface area contributed by atoms with E-state index in [1.807, 2.05) is 18.7 Å². The molecule has 7 heteroatoms. The highest BCUT2D eigenvalue weighted by Gasteiger charge is 2.52. The van der Waals surface area contributed by atoms with Crippen LogP contribution in [0, 0.1) is 19.8 Å². The summed E-state index contributed by atoms with van der Waals surface area (Å²) < 4.78 is 11.4. The monoisotopic (exact) mass is 362 g/mol. The lowest BCUT2D eigenvalue weighted by atomic mass is 9.78. The Hall–Kier alpha value is -1.60. The van der Waals surface area contributed by atoms with Crippen LogP contribution in [0.5, 0.6) is 0 Å². The van der Waals surface area contributed by atoms with Crippen molar-refractivity contribution in [3.63, 3.8) is 0 Å². The molecule has 4 heterocycles. The molecule has 2 amide bonds. The van der Waals surface area contributed by atoms with Crippen molar-refractivity contribution < 1.29 is 14.1 Å². The Morgan fingerprint density at radius 3 is 2.77 bits per heavy atom. The van der Waals surface area contributed by atoms with Gasteiger partial charge < -0.3 is 19.5 Å². The fraction of sp³-hybridized carbons (Fsp3) is 0.789. The van der Waals surface area contributed by atoms with E-state index in [2.05, 4.69) is 15.4 Å². The molecule has 1 aromatic heterocycles. The minimum absolute atomic E-state index is 0.0165. The first kappa shape index (κ1) is 17.8. The van der Waals surface area contributed by atoms with E-state index in [4.69, 9.17) is 9.26 Å². The number of hydrogen-bond acceptors (Lipinski definition) is 5. The van der Waals surface area contributed by atoms with E-state index < -0.39 is 0 Å². The summed E-state index contributed by atoms with van der Waals surface area (Å²) >= 11 is 0. The molecule has 3 saturated heterocycles. The number of nitrogens with zero attached hydrogens (tertiary/aromatic N) is 3. The van der Waals surface area contributed by atoms with E-state index in [1.54, 1.807) is 0 Å². The Bertz CT molecular complexity index is 628. The van der Waals surface area contributed by atoms with E-state index in [0.717, 1.165) is 83.0 Å². The molecule has 0 aliphatic carbocycles. The number of carbonyl (C=O) groups excluding carboxylic acids is 1. The maximum atomic E-state index is 12.1. The Morgan fingerprint density at radius 1 is 1.31 bits per heavy atom. The number of hydrogen-bond donors (Lipinski definition) is 1. The molecule has 3 aliphatic rings. The van der Waals surface area contributed by atoms with Gasteiger partial charge in [-0.05, 0) is 45.4 Å². The average Bonchev–Trinajstić information content (AvgIpc) is 3.31. The van der Waals surface area contributed by atoms with E-state index in [0.29, 0.717) is 5.92 Å². The first-order chi connectivity index (χ1) is 12.6. The molecule has 1 atom stereocenters. The quantitative estimate of drug-likeness (QED) is 0.868. The third kappa shape index (κ3) is 3.34. The highest BCUT2D eigenvalue weighted by Crippen LogP contribution is 2.42. The summed E-state index contributed by atoms with van der Waals surface area (Å²) in [7, 11) is 0. The number of nitrogens with one attached hydrogen (secondary N) is 1. The van der Waals surface area contributed by atoms with E-state index >= 15 is 0 Å². The van der Waals surface area contributed by atoms with Crippen LogP contribution in [-0.2, 0) is 11.3 Å². The second kappa shape index (κ2) is 7.19. The van der Waals surface area contributed by atoms with Gasteiger partial charge >= 0.3 is 6.03 Å². The molecule has 0 radical (unpaired) electrons. The van der Waals surface area contributed by atoms with Gasteiger partial charge in [0.25, 0.3) is 0 Å². The van der Waals surface area contributed by atoms with Gasteiger partial charge in [0, 0.05) is 51.4 Å². The molecule has 4 rings (SSSR count). The average molecular weight is 362 g/mol. The third-order valence-corrected chi connectivity index (χ3v) is 6.31. The summed E-state index contributed by atoms with van der Waals surface area (Å²) in [4.78, 5) is 16.5. The largest absolute Gasteiger partial charge is 0.372 e. The van der Waals surface area contributed by atoms with Crippen LogP contribution >= 0.6 is 0 Å². The Labute approximate surface area is 155 Å². The van der Waals surface area contributed by atoms with Crippen molar-refractivity contribution in [3.8, 4) is 0 Å². The molecule has 7 nitrogen and oxygen atoms in total. The van der Waals surface area contributed by atoms with Crippen molar-refractivity contribution in [1.82, 2.24) is 20.3 Å². The Kier molecular flexibility index (Phi) is 4.92. The molecule has 144 valence electrons. The fourth-order valence-corrected chi connectivity index (χ4v) is 4.70. The van der Waals surface area contributed by atoms with Gasteiger partial charge in [0.05, 0.1) is 11.3 Å². The lowest BCUT2D eigenvalue weighted by Crippen LogP contribution is -2.64. The molecular formula is C19H30N4O3. The molecule has 0 unspecified atom stereocenters. The van der Waals surface area contributed by atoms with Crippen molar-refractivity contribution in [3.05, 3.63) is 17.0 Å². The minimum Gasteiger partial charge on any atom is -0.372 e. The third-order valence-electron chi connectivity index (χ3n) is 6.31. The predicted octanol–water partition coefficient (Wildman–Crippen LogP) is 2.08. The van der Waals surface area contributed by atoms with Gasteiger partial charge in [-0.25, -0.2) is 4.79 Å². The molecule has 1 spiro atoms. The Morgan fingerprint density at radius 2 is 2.08 bits per heavy atom. The highest BCUT2D eigenvalue weighted by atomic mass is 16.5. The van der Waals surface area contributed by atoms with Crippen LogP contribution in [-0.4, -0.2) is 65.9 Å². The highest BCUT2D eigenvalue weighted by molar-refractivity contribution is 5.74. The second-order valence-corrected chi connectivity index (χ2v) is 8.06. The van der Waals surface area contributed by atoms with Crippen molar-refractivity contribution in [2.75, 3.05) is 39.3 Å². The summed E-state index contributed by atoms with van der Waals surface area (Å²) in [5, 5.41) is 7.14. The van der Waals surface area contributed by atoms with Crippen molar-refractivity contribution in [2.24, 2.45) is 5.92 Å². The number of carbonyl (C=O) groups is 1. The lowest BCUT2D eigenvalue weighted by Gasteiger charge is -2.50. The SMILES string of the molecule is Cc1noc(C)c1CN1CC2(C1)OCC[C@H]2CCNC(=O)N1CCCC1. The molecule has 0 bridgehead atoms. The van der Waals surface area contributed by atoms with Crippen LogP contribution < -0.4 is 5.32 Å². The molecule has 3 fully saturated rings. The number of likely N-dealkylation sites (tertiary alicyclic amines) is 2. The zero-order valence-corrected chi connectivity index (χ0v) is 15.9. The number of aromatic nitrogens is 1. The topological polar surface area (TPSA) is 70.8 Å². The number of ether oxygens (including phenoxy) is 1. The number of urea groups is 1. The molecule has 26 heavy (non-hydrogen) atoms. The van der Waals surface area contributed by atoms with Crippen LogP contribution in [0.4, 0.5) is 4.79 Å². The first-order valence-electron chi connectivity index (χ1n) is 9.88. The van der Waals surface area contributed by atoms with Crippen LogP contribution in [0.25, 0.3) is 0 Å². The lowest BCUT2D eigenvalue weighted by molar-refractivity contribution is -0.136. The molecule has 0 aromatic carbocycles. The zero-order chi connectivity index (χ0) is 18.1. The molecule has 1 N–H and O–H groups in total. The van der Waals surface area contributed by atoms with E-state index in [-0.39, 0.29) is 11.6 Å². The van der Waals surface area contributed by atoms with Gasteiger partial charge in [-0.2, -0.15) is 0 Å². The first-order valence-corrected chi connectivity index (χ1v) is 9.88. The van der Waals surface area contributed by atoms with Crippen LogP contribution in [0.2, 0.25) is 0 Å². The normalized spacial score (nSPS) is 25.0. The molecule has 3 aliphatic heterocycles. The van der Waals surface area contributed by atoms with Crippen molar-refractivity contribution in [2.45, 2.75) is 51.7 Å². The summed E-state index contributed by atoms with van der Waals surface area (Å²) in [6.45, 7) is 10.2. The summed E-state index contributed by atoms with van der Waals surface area (Å²) in [6.07, 6.45) is 4.36. The summed E-state index contributed by atoms with van der Waals surface area (Å²) in [5.74, 6) is 1.44. The predicted molar refractivity (Wildman–Crippen MR) is 96.9 cm³/mol. The number of aryl methyl sites for hydroxylation is 2. The Balaban J connectivity index is 1.24. The van der Waals surface area contributed by atoms with Gasteiger partial charge in [-0.3, -0.25) is 4.90 Å². The number of amides is 2. The fourth-order valence-electron chi connectivity index (χ4n) is 4.70. The van der Waals surface area contributed by atoms with Gasteiger partial charge in [0.2, 0.25) is 0 Å². The van der Waals surface area contributed by atoms with Crippen LogP contribution in [0.15, 0.2) is 4.52 Å². The maximum absolute atomic E-state index is 12.1. The summed E-state index contributed by atoms with van der Waals surface area (Å²) in [5.41, 5.74) is 2.17. The van der Waals surface area contributed by atoms with Gasteiger partial charge in [-0.15, -0.1) is 0 Å². The maximum Gasteiger partial charge on any atom is 0.317 e. The van der Waals surface area contributed by atoms with Crippen LogP contribution in [0.3, 0.4) is 0 Å². The molecule has 1 aromatic rings. The summed E-state index contributed by atoms with van der Waals surface area (Å²) in [6, 6.07) is 0.101. The molecular weight excluding hydrogens is 332 g/mol. The van der Waals surface area contributed by atoms with Gasteiger partial charge in [0.15, 0.2) is 0 Å².